The van der Waals surface area contributed by atoms with Gasteiger partial charge in [-0.2, -0.15) is 0 Å². The minimum absolute atomic E-state index is 0.00668. The van der Waals surface area contributed by atoms with Gasteiger partial charge in [-0.1, -0.05) is 23.4 Å². The number of aromatic nitrogens is 3. The van der Waals surface area contributed by atoms with Crippen LogP contribution in [0.25, 0.3) is 16.9 Å². The topological polar surface area (TPSA) is 68.0 Å². The zero-order valence-electron chi connectivity index (χ0n) is 10.8. The van der Waals surface area contributed by atoms with Crippen LogP contribution in [-0.2, 0) is 0 Å². The molecule has 0 spiro atoms. The molecule has 0 atom stereocenters. The zero-order valence-corrected chi connectivity index (χ0v) is 10.8. The molecule has 1 aromatic heterocycles. The number of carboxylic acids is 1. The molecule has 0 aliphatic rings. The van der Waals surface area contributed by atoms with Gasteiger partial charge in [-0.15, -0.1) is 5.10 Å². The number of carboxylic acid groups (broad SMARTS) is 1. The highest BCUT2D eigenvalue weighted by Crippen LogP contribution is 2.25. The van der Waals surface area contributed by atoms with Crippen LogP contribution in [-0.4, -0.2) is 26.1 Å². The first-order valence-electron chi connectivity index (χ1n) is 6.16. The van der Waals surface area contributed by atoms with Gasteiger partial charge in [0.15, 0.2) is 0 Å². The van der Waals surface area contributed by atoms with Gasteiger partial charge in [-0.3, -0.25) is 0 Å². The lowest BCUT2D eigenvalue weighted by atomic mass is 10.1. The van der Waals surface area contributed by atoms with E-state index in [0.29, 0.717) is 11.4 Å². The summed E-state index contributed by atoms with van der Waals surface area (Å²) in [6.07, 6.45) is 1.40. The van der Waals surface area contributed by atoms with E-state index in [2.05, 4.69) is 10.3 Å². The first kappa shape index (κ1) is 13.0. The quantitative estimate of drug-likeness (QED) is 0.802. The maximum Gasteiger partial charge on any atom is 0.335 e. The fourth-order valence-corrected chi connectivity index (χ4v) is 2.03. The maximum atomic E-state index is 14.0. The number of aromatic carboxylic acids is 1. The number of halogens is 1. The molecule has 2 aromatic carbocycles. The van der Waals surface area contributed by atoms with Crippen molar-refractivity contribution in [1.29, 1.82) is 0 Å². The Labute approximate surface area is 119 Å². The lowest BCUT2D eigenvalue weighted by Gasteiger charge is -2.07. The third kappa shape index (κ3) is 2.38. The van der Waals surface area contributed by atoms with E-state index < -0.39 is 11.8 Å². The summed E-state index contributed by atoms with van der Waals surface area (Å²) in [6.45, 7) is 0. The monoisotopic (exact) mass is 283 g/mol. The summed E-state index contributed by atoms with van der Waals surface area (Å²) in [5, 5.41) is 16.7. The molecule has 0 radical (unpaired) electrons. The van der Waals surface area contributed by atoms with Crippen molar-refractivity contribution < 1.29 is 14.3 Å². The van der Waals surface area contributed by atoms with Crippen LogP contribution in [0, 0.1) is 5.82 Å². The second-order valence-corrected chi connectivity index (χ2v) is 4.37. The Morgan fingerprint density at radius 3 is 2.62 bits per heavy atom. The van der Waals surface area contributed by atoms with Crippen molar-refractivity contribution in [1.82, 2.24) is 15.0 Å². The van der Waals surface area contributed by atoms with Crippen LogP contribution in [0.2, 0.25) is 0 Å². The van der Waals surface area contributed by atoms with Crippen LogP contribution < -0.4 is 0 Å². The molecule has 104 valence electrons. The fourth-order valence-electron chi connectivity index (χ4n) is 2.03. The van der Waals surface area contributed by atoms with Crippen molar-refractivity contribution in [3.63, 3.8) is 0 Å². The Morgan fingerprint density at radius 2 is 1.90 bits per heavy atom. The van der Waals surface area contributed by atoms with Crippen molar-refractivity contribution in [2.45, 2.75) is 0 Å². The predicted octanol–water partition coefficient (Wildman–Crippen LogP) is 2.77. The standard InChI is InChI=1S/C15H10FN3O2/c16-13-7-6-10(15(20)21)8-12(13)14-9-17-18-19(14)11-4-2-1-3-5-11/h1-9H,(H,20,21). The van der Waals surface area contributed by atoms with Crippen LogP contribution in [0.4, 0.5) is 4.39 Å². The van der Waals surface area contributed by atoms with Gasteiger partial charge in [0.05, 0.1) is 23.1 Å². The summed E-state index contributed by atoms with van der Waals surface area (Å²) in [6, 6.07) is 12.7. The van der Waals surface area contributed by atoms with Gasteiger partial charge in [-0.05, 0) is 30.3 Å². The summed E-state index contributed by atoms with van der Waals surface area (Å²) in [5.41, 5.74) is 1.25. The van der Waals surface area contributed by atoms with Crippen LogP contribution in [0.15, 0.2) is 54.7 Å². The van der Waals surface area contributed by atoms with Gasteiger partial charge < -0.3 is 5.11 Å². The normalized spacial score (nSPS) is 10.5. The smallest absolute Gasteiger partial charge is 0.335 e. The molecule has 3 aromatic rings. The van der Waals surface area contributed by atoms with Crippen LogP contribution in [0.1, 0.15) is 10.4 Å². The average molecular weight is 283 g/mol. The number of nitrogens with zero attached hydrogens (tertiary/aromatic N) is 3. The van der Waals surface area contributed by atoms with Crippen molar-refractivity contribution in [3.8, 4) is 16.9 Å². The van der Waals surface area contributed by atoms with Crippen molar-refractivity contribution in [2.24, 2.45) is 0 Å². The second-order valence-electron chi connectivity index (χ2n) is 4.37. The van der Waals surface area contributed by atoms with Gasteiger partial charge >= 0.3 is 5.97 Å². The van der Waals surface area contributed by atoms with E-state index in [0.717, 1.165) is 6.07 Å². The van der Waals surface area contributed by atoms with E-state index in [1.165, 1.54) is 23.0 Å². The molecular formula is C15H10FN3O2. The SMILES string of the molecule is O=C(O)c1ccc(F)c(-c2cnnn2-c2ccccc2)c1. The van der Waals surface area contributed by atoms with Gasteiger partial charge in [0.25, 0.3) is 0 Å². The number of carbonyl (C=O) groups is 1. The first-order chi connectivity index (χ1) is 10.2. The Bertz CT molecular complexity index is 800. The minimum atomic E-state index is -1.12. The molecule has 6 heteroatoms. The highest BCUT2D eigenvalue weighted by atomic mass is 19.1. The Hall–Kier alpha value is -3.02. The molecule has 1 N–H and O–H groups in total. The largest absolute Gasteiger partial charge is 0.478 e. The molecule has 0 saturated heterocycles. The maximum absolute atomic E-state index is 14.0. The summed E-state index contributed by atoms with van der Waals surface area (Å²) in [4.78, 5) is 11.0. The molecule has 21 heavy (non-hydrogen) atoms. The molecule has 5 nitrogen and oxygen atoms in total. The van der Waals surface area contributed by atoms with Crippen molar-refractivity contribution in [2.75, 3.05) is 0 Å². The Balaban J connectivity index is 2.17. The summed E-state index contributed by atoms with van der Waals surface area (Å²) in [7, 11) is 0. The molecule has 0 bridgehead atoms. The van der Waals surface area contributed by atoms with Crippen LogP contribution in [0.3, 0.4) is 0 Å². The Morgan fingerprint density at radius 1 is 1.14 bits per heavy atom. The van der Waals surface area contributed by atoms with E-state index in [9.17, 15) is 9.18 Å². The zero-order chi connectivity index (χ0) is 14.8. The van der Waals surface area contributed by atoms with Crippen LogP contribution >= 0.6 is 0 Å². The van der Waals surface area contributed by atoms with Gasteiger partial charge in [0.1, 0.15) is 5.82 Å². The summed E-state index contributed by atoms with van der Waals surface area (Å²) >= 11 is 0. The van der Waals surface area contributed by atoms with Crippen molar-refractivity contribution >= 4 is 5.97 Å². The fraction of sp³-hybridized carbons (Fsp3) is 0. The third-order valence-corrected chi connectivity index (χ3v) is 3.04. The molecule has 0 aliphatic heterocycles. The number of para-hydroxylation sites is 1. The van der Waals surface area contributed by atoms with E-state index >= 15 is 0 Å². The lowest BCUT2D eigenvalue weighted by Crippen LogP contribution is -2.02. The molecular weight excluding hydrogens is 273 g/mol. The molecule has 0 aliphatic carbocycles. The van der Waals surface area contributed by atoms with E-state index in [-0.39, 0.29) is 11.1 Å². The Kier molecular flexibility index (Phi) is 3.19. The van der Waals surface area contributed by atoms with Gasteiger partial charge in [0, 0.05) is 5.56 Å². The van der Waals surface area contributed by atoms with Gasteiger partial charge in [0.2, 0.25) is 0 Å². The highest BCUT2D eigenvalue weighted by Gasteiger charge is 2.15. The van der Waals surface area contributed by atoms with Crippen LogP contribution in [0.5, 0.6) is 0 Å². The van der Waals surface area contributed by atoms with E-state index in [1.54, 1.807) is 12.1 Å². The number of hydrogen-bond donors (Lipinski definition) is 1. The molecule has 0 amide bonds. The predicted molar refractivity (Wildman–Crippen MR) is 73.7 cm³/mol. The molecule has 3 rings (SSSR count). The average Bonchev–Trinajstić information content (AvgIpc) is 2.97. The highest BCUT2D eigenvalue weighted by molar-refractivity contribution is 5.89. The number of rotatable bonds is 3. The molecule has 0 saturated carbocycles. The number of benzene rings is 2. The first-order valence-corrected chi connectivity index (χ1v) is 6.16. The lowest BCUT2D eigenvalue weighted by molar-refractivity contribution is 0.0697. The minimum Gasteiger partial charge on any atom is -0.478 e. The molecule has 0 fully saturated rings. The van der Waals surface area contributed by atoms with Gasteiger partial charge in [-0.25, -0.2) is 13.9 Å². The molecule has 1 heterocycles. The summed E-state index contributed by atoms with van der Waals surface area (Å²) in [5.74, 6) is -1.64. The van der Waals surface area contributed by atoms with E-state index in [1.807, 2.05) is 18.2 Å². The van der Waals surface area contributed by atoms with E-state index in [4.69, 9.17) is 5.11 Å². The van der Waals surface area contributed by atoms with Crippen molar-refractivity contribution in [3.05, 3.63) is 66.1 Å². The number of hydrogen-bond acceptors (Lipinski definition) is 3. The second kappa shape index (κ2) is 5.16. The third-order valence-electron chi connectivity index (χ3n) is 3.04. The molecule has 0 unspecified atom stereocenters. The summed E-state index contributed by atoms with van der Waals surface area (Å²) < 4.78 is 15.5.